The van der Waals surface area contributed by atoms with Gasteiger partial charge in [0.05, 0.1) is 5.75 Å². The van der Waals surface area contributed by atoms with Crippen molar-refractivity contribution in [3.8, 4) is 0 Å². The zero-order valence-electron chi connectivity index (χ0n) is 13.6. The number of carbonyl (C=O) groups is 2. The maximum absolute atomic E-state index is 12.1. The second-order valence-corrected chi connectivity index (χ2v) is 8.21. The highest BCUT2D eigenvalue weighted by Gasteiger charge is 2.18. The van der Waals surface area contributed by atoms with Crippen molar-refractivity contribution in [2.24, 2.45) is 0 Å². The summed E-state index contributed by atoms with van der Waals surface area (Å²) >= 11 is 1.67. The van der Waals surface area contributed by atoms with Gasteiger partial charge in [-0.2, -0.15) is 0 Å². The number of hydrogen-bond acceptors (Lipinski definition) is 3. The molecule has 0 radical (unpaired) electrons. The van der Waals surface area contributed by atoms with E-state index in [1.54, 1.807) is 23.9 Å². The minimum atomic E-state index is -0.308. The third-order valence-corrected chi connectivity index (χ3v) is 5.39. The molecule has 1 aliphatic rings. The van der Waals surface area contributed by atoms with Crippen molar-refractivity contribution in [2.75, 3.05) is 5.75 Å². The largest absolute Gasteiger partial charge is 0.292 e. The first-order chi connectivity index (χ1) is 10.4. The van der Waals surface area contributed by atoms with E-state index in [0.29, 0.717) is 16.6 Å². The summed E-state index contributed by atoms with van der Waals surface area (Å²) in [7, 11) is 0. The van der Waals surface area contributed by atoms with Crippen LogP contribution in [0.2, 0.25) is 0 Å². The fourth-order valence-corrected chi connectivity index (χ4v) is 3.73. The van der Waals surface area contributed by atoms with Gasteiger partial charge in [0, 0.05) is 10.8 Å². The first-order valence-corrected chi connectivity index (χ1v) is 8.97. The van der Waals surface area contributed by atoms with Crippen LogP contribution >= 0.6 is 11.8 Å². The molecular formula is C18H25NO2S. The maximum Gasteiger partial charge on any atom is 0.257 e. The molecule has 0 aromatic heterocycles. The first-order valence-electron chi connectivity index (χ1n) is 7.92. The summed E-state index contributed by atoms with van der Waals surface area (Å²) in [6.45, 7) is 6.39. The lowest BCUT2D eigenvalue weighted by Crippen LogP contribution is -2.32. The minimum Gasteiger partial charge on any atom is -0.292 e. The number of imide groups is 1. The molecule has 0 saturated heterocycles. The molecule has 0 bridgehead atoms. The fraction of sp³-hybridized carbons (Fsp3) is 0.556. The van der Waals surface area contributed by atoms with E-state index in [4.69, 9.17) is 0 Å². The Morgan fingerprint density at radius 3 is 2.27 bits per heavy atom. The van der Waals surface area contributed by atoms with E-state index in [-0.39, 0.29) is 17.2 Å². The summed E-state index contributed by atoms with van der Waals surface area (Å²) in [5, 5.41) is 3.07. The second-order valence-electron chi connectivity index (χ2n) is 6.92. The fourth-order valence-electron chi connectivity index (χ4n) is 2.61. The smallest absolute Gasteiger partial charge is 0.257 e. The molecule has 0 atom stereocenters. The maximum atomic E-state index is 12.1. The molecule has 0 aliphatic heterocycles. The topological polar surface area (TPSA) is 46.2 Å². The number of carbonyl (C=O) groups excluding carboxylic acids is 2. The first kappa shape index (κ1) is 17.1. The van der Waals surface area contributed by atoms with Gasteiger partial charge in [0.25, 0.3) is 5.91 Å². The van der Waals surface area contributed by atoms with Gasteiger partial charge < -0.3 is 0 Å². The van der Waals surface area contributed by atoms with Crippen LogP contribution in [0.4, 0.5) is 0 Å². The molecule has 1 fully saturated rings. The average molecular weight is 319 g/mol. The van der Waals surface area contributed by atoms with Gasteiger partial charge in [0.2, 0.25) is 5.91 Å². The van der Waals surface area contributed by atoms with Gasteiger partial charge in [0.1, 0.15) is 0 Å². The Kier molecular flexibility index (Phi) is 5.68. The van der Waals surface area contributed by atoms with E-state index < -0.39 is 0 Å². The van der Waals surface area contributed by atoms with Crippen molar-refractivity contribution in [3.63, 3.8) is 0 Å². The standard InChI is InChI=1S/C18H25NO2S/c1-18(2,3)14-10-8-13(9-11-14)17(21)19-16(20)12-22-15-6-4-5-7-15/h8-11,15H,4-7,12H2,1-3H3,(H,19,20,21). The van der Waals surface area contributed by atoms with Crippen LogP contribution in [0.1, 0.15) is 62.4 Å². The molecule has 1 aliphatic carbocycles. The highest BCUT2D eigenvalue weighted by Crippen LogP contribution is 2.29. The third kappa shape index (κ3) is 4.87. The molecule has 1 saturated carbocycles. The summed E-state index contributed by atoms with van der Waals surface area (Å²) < 4.78 is 0. The van der Waals surface area contributed by atoms with Crippen molar-refractivity contribution in [1.82, 2.24) is 5.32 Å². The van der Waals surface area contributed by atoms with Crippen LogP contribution in [-0.4, -0.2) is 22.8 Å². The molecule has 0 spiro atoms. The van der Waals surface area contributed by atoms with E-state index in [0.717, 1.165) is 0 Å². The zero-order chi connectivity index (χ0) is 16.2. The van der Waals surface area contributed by atoms with E-state index in [1.165, 1.54) is 31.2 Å². The van der Waals surface area contributed by atoms with Crippen molar-refractivity contribution < 1.29 is 9.59 Å². The van der Waals surface area contributed by atoms with Gasteiger partial charge in [-0.05, 0) is 36.0 Å². The van der Waals surface area contributed by atoms with Gasteiger partial charge in [0.15, 0.2) is 0 Å². The van der Waals surface area contributed by atoms with Crippen LogP contribution in [0.3, 0.4) is 0 Å². The second kappa shape index (κ2) is 7.32. The molecule has 2 amide bonds. The molecule has 1 N–H and O–H groups in total. The Balaban J connectivity index is 1.84. The third-order valence-electron chi connectivity index (χ3n) is 4.02. The average Bonchev–Trinajstić information content (AvgIpc) is 2.97. The normalized spacial score (nSPS) is 15.8. The Hall–Kier alpha value is -1.29. The number of nitrogens with one attached hydrogen (secondary N) is 1. The number of benzene rings is 1. The summed E-state index contributed by atoms with van der Waals surface area (Å²) in [5.41, 5.74) is 1.77. The molecule has 1 aromatic rings. The molecular weight excluding hydrogens is 294 g/mol. The summed E-state index contributed by atoms with van der Waals surface area (Å²) in [6, 6.07) is 7.47. The van der Waals surface area contributed by atoms with Crippen LogP contribution < -0.4 is 5.32 Å². The highest BCUT2D eigenvalue weighted by atomic mass is 32.2. The molecule has 120 valence electrons. The summed E-state index contributed by atoms with van der Waals surface area (Å²) in [4.78, 5) is 23.9. The Morgan fingerprint density at radius 2 is 1.73 bits per heavy atom. The Morgan fingerprint density at radius 1 is 1.14 bits per heavy atom. The molecule has 2 rings (SSSR count). The highest BCUT2D eigenvalue weighted by molar-refractivity contribution is 8.00. The van der Waals surface area contributed by atoms with E-state index in [1.807, 2.05) is 12.1 Å². The quantitative estimate of drug-likeness (QED) is 0.915. The monoisotopic (exact) mass is 319 g/mol. The summed E-state index contributed by atoms with van der Waals surface area (Å²) in [5.74, 6) is -0.129. The van der Waals surface area contributed by atoms with Gasteiger partial charge >= 0.3 is 0 Å². The lowest BCUT2D eigenvalue weighted by molar-refractivity contribution is -0.117. The van der Waals surface area contributed by atoms with Gasteiger partial charge in [-0.15, -0.1) is 11.8 Å². The number of hydrogen-bond donors (Lipinski definition) is 1. The Bertz CT molecular complexity index is 525. The molecule has 0 unspecified atom stereocenters. The van der Waals surface area contributed by atoms with Crippen LogP contribution in [0.15, 0.2) is 24.3 Å². The zero-order valence-corrected chi connectivity index (χ0v) is 14.5. The van der Waals surface area contributed by atoms with Crippen molar-refractivity contribution in [1.29, 1.82) is 0 Å². The van der Waals surface area contributed by atoms with Gasteiger partial charge in [-0.25, -0.2) is 0 Å². The van der Waals surface area contributed by atoms with E-state index >= 15 is 0 Å². The molecule has 3 nitrogen and oxygen atoms in total. The minimum absolute atomic E-state index is 0.0583. The number of rotatable bonds is 4. The molecule has 4 heteroatoms. The molecule has 22 heavy (non-hydrogen) atoms. The van der Waals surface area contributed by atoms with Crippen LogP contribution in [-0.2, 0) is 10.2 Å². The molecule has 0 heterocycles. The van der Waals surface area contributed by atoms with Crippen molar-refractivity contribution in [2.45, 2.75) is 57.1 Å². The molecule has 1 aromatic carbocycles. The SMILES string of the molecule is CC(C)(C)c1ccc(C(=O)NC(=O)CSC2CCCC2)cc1. The van der Waals surface area contributed by atoms with Crippen molar-refractivity contribution in [3.05, 3.63) is 35.4 Å². The number of amides is 2. The predicted molar refractivity (Wildman–Crippen MR) is 92.3 cm³/mol. The predicted octanol–water partition coefficient (Wildman–Crippen LogP) is 3.92. The van der Waals surface area contributed by atoms with Crippen LogP contribution in [0.5, 0.6) is 0 Å². The number of thioether (sulfide) groups is 1. The van der Waals surface area contributed by atoms with E-state index in [9.17, 15) is 9.59 Å². The van der Waals surface area contributed by atoms with Crippen LogP contribution in [0.25, 0.3) is 0 Å². The van der Waals surface area contributed by atoms with Gasteiger partial charge in [-0.3, -0.25) is 14.9 Å². The lowest BCUT2D eigenvalue weighted by Gasteiger charge is -2.19. The van der Waals surface area contributed by atoms with E-state index in [2.05, 4.69) is 26.1 Å². The van der Waals surface area contributed by atoms with Crippen molar-refractivity contribution >= 4 is 23.6 Å². The van der Waals surface area contributed by atoms with Crippen LogP contribution in [0, 0.1) is 0 Å². The Labute approximate surface area is 137 Å². The summed E-state index contributed by atoms with van der Waals surface area (Å²) in [6.07, 6.45) is 4.91. The van der Waals surface area contributed by atoms with Gasteiger partial charge in [-0.1, -0.05) is 45.7 Å². The lowest BCUT2D eigenvalue weighted by atomic mass is 9.87.